The molecule has 0 bridgehead atoms. The van der Waals surface area contributed by atoms with Crippen LogP contribution in [0.25, 0.3) is 0 Å². The fraction of sp³-hybridized carbons (Fsp3) is 0.438. The van der Waals surface area contributed by atoms with Crippen LogP contribution in [0.15, 0.2) is 22.7 Å². The van der Waals surface area contributed by atoms with Crippen molar-refractivity contribution in [2.45, 2.75) is 38.6 Å². The second-order valence-corrected chi connectivity index (χ2v) is 5.89. The number of nitrogens with zero attached hydrogens (tertiary/aromatic N) is 3. The maximum Gasteiger partial charge on any atom is 0.229 e. The Morgan fingerprint density at radius 2 is 2.29 bits per heavy atom. The minimum atomic E-state index is 0.114. The maximum absolute atomic E-state index is 11.4. The number of aromatic nitrogens is 2. The van der Waals surface area contributed by atoms with E-state index in [1.165, 1.54) is 24.1 Å². The zero-order chi connectivity index (χ0) is 14.4. The van der Waals surface area contributed by atoms with Crippen molar-refractivity contribution in [3.05, 3.63) is 41.0 Å². The summed E-state index contributed by atoms with van der Waals surface area (Å²) < 4.78 is 5.30. The summed E-state index contributed by atoms with van der Waals surface area (Å²) in [4.78, 5) is 18.2. The molecule has 108 valence electrons. The minimum absolute atomic E-state index is 0.114. The van der Waals surface area contributed by atoms with Crippen molar-refractivity contribution in [3.63, 3.8) is 0 Å². The predicted octanol–water partition coefficient (Wildman–Crippen LogP) is 2.71. The van der Waals surface area contributed by atoms with Gasteiger partial charge in [-0.1, -0.05) is 5.16 Å². The average molecular weight is 283 g/mol. The summed E-state index contributed by atoms with van der Waals surface area (Å²) in [5, 5.41) is 4.08. The lowest BCUT2D eigenvalue weighted by atomic mass is 10.1. The van der Waals surface area contributed by atoms with E-state index >= 15 is 0 Å². The largest absolute Gasteiger partial charge is 0.363 e. The van der Waals surface area contributed by atoms with E-state index in [1.54, 1.807) is 6.92 Å². The van der Waals surface area contributed by atoms with Gasteiger partial charge in [-0.2, -0.15) is 4.98 Å². The molecule has 1 fully saturated rings. The monoisotopic (exact) mass is 283 g/mol. The molecule has 2 heterocycles. The standard InChI is InChI=1S/C16H17N3O2/c1-10(20)12-4-5-14-13(8-12)6-7-19(14)9-15-17-16(21-18-15)11-2-3-11/h4-5,8,11H,2-3,6-7,9H2,1H3. The molecule has 0 unspecified atom stereocenters. The zero-order valence-electron chi connectivity index (χ0n) is 12.0. The van der Waals surface area contributed by atoms with Gasteiger partial charge in [0.2, 0.25) is 5.89 Å². The molecule has 0 atom stereocenters. The van der Waals surface area contributed by atoms with Gasteiger partial charge in [-0.25, -0.2) is 0 Å². The lowest BCUT2D eigenvalue weighted by molar-refractivity contribution is 0.101. The number of carbonyl (C=O) groups excluding carboxylic acids is 1. The van der Waals surface area contributed by atoms with Crippen LogP contribution in [0.4, 0.5) is 5.69 Å². The van der Waals surface area contributed by atoms with Crippen LogP contribution < -0.4 is 4.90 Å². The van der Waals surface area contributed by atoms with Crippen molar-refractivity contribution in [2.75, 3.05) is 11.4 Å². The summed E-state index contributed by atoms with van der Waals surface area (Å²) in [6.07, 6.45) is 3.30. The highest BCUT2D eigenvalue weighted by Crippen LogP contribution is 2.39. The summed E-state index contributed by atoms with van der Waals surface area (Å²) in [6.45, 7) is 3.21. The van der Waals surface area contributed by atoms with E-state index in [1.807, 2.05) is 18.2 Å². The summed E-state index contributed by atoms with van der Waals surface area (Å²) >= 11 is 0. The fourth-order valence-electron chi connectivity index (χ4n) is 2.85. The first-order valence-electron chi connectivity index (χ1n) is 7.42. The highest BCUT2D eigenvalue weighted by atomic mass is 16.5. The first-order valence-corrected chi connectivity index (χ1v) is 7.42. The van der Waals surface area contributed by atoms with E-state index in [2.05, 4.69) is 15.0 Å². The molecule has 21 heavy (non-hydrogen) atoms. The Morgan fingerprint density at radius 1 is 1.43 bits per heavy atom. The molecule has 1 saturated carbocycles. The third-order valence-corrected chi connectivity index (χ3v) is 4.22. The molecule has 1 aliphatic heterocycles. The first-order chi connectivity index (χ1) is 10.2. The van der Waals surface area contributed by atoms with Gasteiger partial charge < -0.3 is 9.42 Å². The van der Waals surface area contributed by atoms with Crippen LogP contribution >= 0.6 is 0 Å². The van der Waals surface area contributed by atoms with Crippen LogP contribution in [0.3, 0.4) is 0 Å². The minimum Gasteiger partial charge on any atom is -0.363 e. The van der Waals surface area contributed by atoms with Crippen LogP contribution in [-0.2, 0) is 13.0 Å². The Balaban J connectivity index is 1.54. The molecule has 0 spiro atoms. The Bertz CT molecular complexity index is 703. The lowest BCUT2D eigenvalue weighted by Crippen LogP contribution is -2.20. The predicted molar refractivity (Wildman–Crippen MR) is 77.5 cm³/mol. The molecule has 4 rings (SSSR count). The van der Waals surface area contributed by atoms with Gasteiger partial charge >= 0.3 is 0 Å². The smallest absolute Gasteiger partial charge is 0.229 e. The molecule has 2 aliphatic rings. The second kappa shape index (κ2) is 4.69. The summed E-state index contributed by atoms with van der Waals surface area (Å²) in [5.74, 6) is 2.15. The number of ketones is 1. The molecule has 0 N–H and O–H groups in total. The number of benzene rings is 1. The molecule has 2 aromatic rings. The fourth-order valence-corrected chi connectivity index (χ4v) is 2.85. The van der Waals surface area contributed by atoms with Crippen LogP contribution in [0.5, 0.6) is 0 Å². The Hall–Kier alpha value is -2.17. The van der Waals surface area contributed by atoms with Gasteiger partial charge in [-0.05, 0) is 49.9 Å². The molecule has 0 radical (unpaired) electrons. The van der Waals surface area contributed by atoms with Gasteiger partial charge in [0.1, 0.15) is 0 Å². The van der Waals surface area contributed by atoms with Gasteiger partial charge in [0.05, 0.1) is 6.54 Å². The van der Waals surface area contributed by atoms with E-state index in [9.17, 15) is 4.79 Å². The van der Waals surface area contributed by atoms with E-state index in [0.717, 1.165) is 30.2 Å². The summed E-state index contributed by atoms with van der Waals surface area (Å²) in [5.41, 5.74) is 3.19. The average Bonchev–Trinajstić information content (AvgIpc) is 3.10. The molecular weight excluding hydrogens is 266 g/mol. The lowest BCUT2D eigenvalue weighted by Gasteiger charge is -2.17. The van der Waals surface area contributed by atoms with Crippen LogP contribution in [0.2, 0.25) is 0 Å². The summed E-state index contributed by atoms with van der Waals surface area (Å²) in [7, 11) is 0. The van der Waals surface area contributed by atoms with Crippen molar-refractivity contribution in [2.24, 2.45) is 0 Å². The number of carbonyl (C=O) groups is 1. The number of Topliss-reactive ketones (excluding diaryl/α,β-unsaturated/α-hetero) is 1. The van der Waals surface area contributed by atoms with Gasteiger partial charge in [-0.15, -0.1) is 0 Å². The maximum atomic E-state index is 11.4. The molecule has 5 nitrogen and oxygen atoms in total. The van der Waals surface area contributed by atoms with Crippen molar-refractivity contribution >= 4 is 11.5 Å². The molecular formula is C16H17N3O2. The van der Waals surface area contributed by atoms with Crippen molar-refractivity contribution < 1.29 is 9.32 Å². The van der Waals surface area contributed by atoms with Crippen LogP contribution in [0, 0.1) is 0 Å². The number of hydrogen-bond donors (Lipinski definition) is 0. The van der Waals surface area contributed by atoms with Crippen molar-refractivity contribution in [1.82, 2.24) is 10.1 Å². The Labute approximate surface area is 123 Å². The summed E-state index contributed by atoms with van der Waals surface area (Å²) in [6, 6.07) is 5.93. The number of rotatable bonds is 4. The van der Waals surface area contributed by atoms with Gasteiger partial charge in [0, 0.05) is 23.7 Å². The first kappa shape index (κ1) is 12.6. The van der Waals surface area contributed by atoms with E-state index in [-0.39, 0.29) is 5.78 Å². The quantitative estimate of drug-likeness (QED) is 0.807. The number of anilines is 1. The van der Waals surface area contributed by atoms with Gasteiger partial charge in [-0.3, -0.25) is 4.79 Å². The van der Waals surface area contributed by atoms with Crippen LogP contribution in [-0.4, -0.2) is 22.5 Å². The van der Waals surface area contributed by atoms with Crippen molar-refractivity contribution in [1.29, 1.82) is 0 Å². The van der Waals surface area contributed by atoms with E-state index < -0.39 is 0 Å². The van der Waals surface area contributed by atoms with E-state index in [0.29, 0.717) is 12.5 Å². The second-order valence-electron chi connectivity index (χ2n) is 5.89. The van der Waals surface area contributed by atoms with Crippen molar-refractivity contribution in [3.8, 4) is 0 Å². The SMILES string of the molecule is CC(=O)c1ccc2c(c1)CCN2Cc1noc(C2CC2)n1. The highest BCUT2D eigenvalue weighted by Gasteiger charge is 2.30. The molecule has 0 saturated heterocycles. The normalized spacial score (nSPS) is 17.1. The van der Waals surface area contributed by atoms with E-state index in [4.69, 9.17) is 4.52 Å². The molecule has 5 heteroatoms. The third-order valence-electron chi connectivity index (χ3n) is 4.22. The Morgan fingerprint density at radius 3 is 3.05 bits per heavy atom. The molecule has 0 amide bonds. The molecule has 1 aromatic carbocycles. The molecule has 1 aliphatic carbocycles. The van der Waals surface area contributed by atoms with Gasteiger partial charge in [0.25, 0.3) is 0 Å². The number of hydrogen-bond acceptors (Lipinski definition) is 5. The van der Waals surface area contributed by atoms with Crippen LogP contribution in [0.1, 0.15) is 53.3 Å². The zero-order valence-corrected chi connectivity index (χ0v) is 12.0. The topological polar surface area (TPSA) is 59.2 Å². The molecule has 1 aromatic heterocycles. The highest BCUT2D eigenvalue weighted by molar-refractivity contribution is 5.94. The van der Waals surface area contributed by atoms with Gasteiger partial charge in [0.15, 0.2) is 11.6 Å². The third kappa shape index (κ3) is 2.33. The number of fused-ring (bicyclic) bond motifs is 1. The Kier molecular flexibility index (Phi) is 2.80.